The number of ether oxygens (including phenoxy) is 1. The van der Waals surface area contributed by atoms with E-state index in [-0.39, 0.29) is 5.97 Å². The lowest BCUT2D eigenvalue weighted by atomic mass is 9.70. The molecule has 0 unspecified atom stereocenters. The van der Waals surface area contributed by atoms with Gasteiger partial charge in [0.2, 0.25) is 0 Å². The van der Waals surface area contributed by atoms with Crippen molar-refractivity contribution < 1.29 is 14.6 Å². The summed E-state index contributed by atoms with van der Waals surface area (Å²) >= 11 is 0. The summed E-state index contributed by atoms with van der Waals surface area (Å²) in [6, 6.07) is 0. The molecule has 3 heteroatoms. The molecule has 1 saturated carbocycles. The molecule has 2 atom stereocenters. The van der Waals surface area contributed by atoms with E-state index in [9.17, 15) is 9.90 Å². The summed E-state index contributed by atoms with van der Waals surface area (Å²) in [7, 11) is 0. The SMILES string of the molecule is C=CC[C@@]1(O)CCC[C@@]1(CC=C)C(=O)OCC. The van der Waals surface area contributed by atoms with Crippen molar-refractivity contribution in [2.45, 2.75) is 44.6 Å². The van der Waals surface area contributed by atoms with Crippen LogP contribution in [0.3, 0.4) is 0 Å². The number of hydrogen-bond acceptors (Lipinski definition) is 3. The Morgan fingerprint density at radius 2 is 2.00 bits per heavy atom. The van der Waals surface area contributed by atoms with Gasteiger partial charge < -0.3 is 9.84 Å². The zero-order chi connectivity index (χ0) is 12.9. The van der Waals surface area contributed by atoms with Crippen LogP contribution in [0, 0.1) is 5.41 Å². The van der Waals surface area contributed by atoms with Gasteiger partial charge in [0.05, 0.1) is 12.2 Å². The minimum atomic E-state index is -1.03. The average molecular weight is 238 g/mol. The maximum absolute atomic E-state index is 12.2. The third-order valence-electron chi connectivity index (χ3n) is 3.73. The van der Waals surface area contributed by atoms with Gasteiger partial charge in [0, 0.05) is 0 Å². The molecular weight excluding hydrogens is 216 g/mol. The zero-order valence-electron chi connectivity index (χ0n) is 10.6. The highest BCUT2D eigenvalue weighted by atomic mass is 16.5. The van der Waals surface area contributed by atoms with E-state index in [1.807, 2.05) is 0 Å². The molecule has 1 N–H and O–H groups in total. The van der Waals surface area contributed by atoms with Crippen LogP contribution in [0.15, 0.2) is 25.3 Å². The Morgan fingerprint density at radius 3 is 2.53 bits per heavy atom. The molecule has 0 aromatic rings. The number of carbonyl (C=O) groups excluding carboxylic acids is 1. The maximum atomic E-state index is 12.2. The van der Waals surface area contributed by atoms with Gasteiger partial charge in [-0.15, -0.1) is 13.2 Å². The molecule has 1 rings (SSSR count). The van der Waals surface area contributed by atoms with E-state index in [2.05, 4.69) is 13.2 Å². The van der Waals surface area contributed by atoms with Gasteiger partial charge in [0.1, 0.15) is 5.41 Å². The fraction of sp³-hybridized carbons (Fsp3) is 0.643. The smallest absolute Gasteiger partial charge is 0.315 e. The minimum Gasteiger partial charge on any atom is -0.465 e. The zero-order valence-corrected chi connectivity index (χ0v) is 10.6. The van der Waals surface area contributed by atoms with Gasteiger partial charge in [0.15, 0.2) is 0 Å². The molecule has 0 amide bonds. The largest absolute Gasteiger partial charge is 0.465 e. The number of carbonyl (C=O) groups is 1. The minimum absolute atomic E-state index is 0.304. The summed E-state index contributed by atoms with van der Waals surface area (Å²) in [4.78, 5) is 12.2. The van der Waals surface area contributed by atoms with Crippen molar-refractivity contribution in [3.63, 3.8) is 0 Å². The molecule has 3 nitrogen and oxygen atoms in total. The van der Waals surface area contributed by atoms with Crippen LogP contribution in [0.1, 0.15) is 39.0 Å². The van der Waals surface area contributed by atoms with Crippen LogP contribution in [-0.4, -0.2) is 23.3 Å². The lowest BCUT2D eigenvalue weighted by Crippen LogP contribution is -2.49. The van der Waals surface area contributed by atoms with Crippen molar-refractivity contribution in [1.82, 2.24) is 0 Å². The van der Waals surface area contributed by atoms with Crippen molar-refractivity contribution in [3.05, 3.63) is 25.3 Å². The molecule has 1 fully saturated rings. The predicted octanol–water partition coefficient (Wildman–Crippen LogP) is 2.60. The van der Waals surface area contributed by atoms with Crippen molar-refractivity contribution >= 4 is 5.97 Å². The van der Waals surface area contributed by atoms with Crippen LogP contribution in [-0.2, 0) is 9.53 Å². The second kappa shape index (κ2) is 5.50. The molecular formula is C14H22O3. The third-order valence-corrected chi connectivity index (χ3v) is 3.73. The number of allylic oxidation sites excluding steroid dienone is 1. The maximum Gasteiger partial charge on any atom is 0.315 e. The van der Waals surface area contributed by atoms with Crippen molar-refractivity contribution in [3.8, 4) is 0 Å². The Balaban J connectivity index is 3.07. The molecule has 0 aromatic heterocycles. The first-order valence-corrected chi connectivity index (χ1v) is 6.17. The molecule has 1 aliphatic carbocycles. The van der Waals surface area contributed by atoms with E-state index in [0.29, 0.717) is 32.3 Å². The molecule has 17 heavy (non-hydrogen) atoms. The Hall–Kier alpha value is -1.09. The summed E-state index contributed by atoms with van der Waals surface area (Å²) in [5.41, 5.74) is -1.87. The van der Waals surface area contributed by atoms with Gasteiger partial charge in [-0.1, -0.05) is 12.2 Å². The fourth-order valence-electron chi connectivity index (χ4n) is 2.87. The second-order valence-electron chi connectivity index (χ2n) is 4.67. The number of rotatable bonds is 6. The molecule has 96 valence electrons. The Bertz CT molecular complexity index is 311. The van der Waals surface area contributed by atoms with E-state index in [1.54, 1.807) is 19.1 Å². The molecule has 0 bridgehead atoms. The average Bonchev–Trinajstić information content (AvgIpc) is 2.59. The van der Waals surface area contributed by atoms with E-state index >= 15 is 0 Å². The quantitative estimate of drug-likeness (QED) is 0.571. The van der Waals surface area contributed by atoms with E-state index in [1.165, 1.54) is 0 Å². The number of aliphatic hydroxyl groups is 1. The van der Waals surface area contributed by atoms with Crippen molar-refractivity contribution in [2.24, 2.45) is 5.41 Å². The molecule has 1 aliphatic rings. The summed E-state index contributed by atoms with van der Waals surface area (Å²) in [5, 5.41) is 10.7. The Morgan fingerprint density at radius 1 is 1.35 bits per heavy atom. The van der Waals surface area contributed by atoms with E-state index < -0.39 is 11.0 Å². The van der Waals surface area contributed by atoms with Gasteiger partial charge in [0.25, 0.3) is 0 Å². The highest BCUT2D eigenvalue weighted by molar-refractivity contribution is 5.79. The van der Waals surface area contributed by atoms with E-state index in [4.69, 9.17) is 4.74 Å². The Labute approximate surface area is 103 Å². The first kappa shape index (κ1) is 14.0. The van der Waals surface area contributed by atoms with E-state index in [0.717, 1.165) is 6.42 Å². The third kappa shape index (κ3) is 2.29. The summed E-state index contributed by atoms with van der Waals surface area (Å²) in [6.45, 7) is 9.47. The second-order valence-corrected chi connectivity index (χ2v) is 4.67. The molecule has 0 radical (unpaired) electrons. The summed E-state index contributed by atoms with van der Waals surface area (Å²) in [5.74, 6) is -0.304. The van der Waals surface area contributed by atoms with Gasteiger partial charge >= 0.3 is 5.97 Å². The summed E-state index contributed by atoms with van der Waals surface area (Å²) < 4.78 is 5.14. The highest BCUT2D eigenvalue weighted by Crippen LogP contribution is 2.52. The predicted molar refractivity (Wildman–Crippen MR) is 67.5 cm³/mol. The van der Waals surface area contributed by atoms with Crippen LogP contribution < -0.4 is 0 Å². The van der Waals surface area contributed by atoms with Gasteiger partial charge in [-0.2, -0.15) is 0 Å². The topological polar surface area (TPSA) is 46.5 Å². The molecule has 0 spiro atoms. The molecule has 0 saturated heterocycles. The monoisotopic (exact) mass is 238 g/mol. The number of esters is 1. The fourth-order valence-corrected chi connectivity index (χ4v) is 2.87. The van der Waals surface area contributed by atoms with Crippen molar-refractivity contribution in [1.29, 1.82) is 0 Å². The first-order valence-electron chi connectivity index (χ1n) is 6.17. The van der Waals surface area contributed by atoms with Crippen LogP contribution >= 0.6 is 0 Å². The van der Waals surface area contributed by atoms with Crippen LogP contribution in [0.5, 0.6) is 0 Å². The van der Waals surface area contributed by atoms with Crippen LogP contribution in [0.2, 0.25) is 0 Å². The van der Waals surface area contributed by atoms with Crippen molar-refractivity contribution in [2.75, 3.05) is 6.61 Å². The highest BCUT2D eigenvalue weighted by Gasteiger charge is 2.58. The number of hydrogen-bond donors (Lipinski definition) is 1. The first-order chi connectivity index (χ1) is 8.06. The van der Waals surface area contributed by atoms with Gasteiger partial charge in [-0.25, -0.2) is 0 Å². The summed E-state index contributed by atoms with van der Waals surface area (Å²) in [6.07, 6.45) is 6.33. The lowest BCUT2D eigenvalue weighted by molar-refractivity contribution is -0.170. The standard InChI is InChI=1S/C14H22O3/c1-4-8-13(12(15)17-6-3)10-7-11-14(13,16)9-5-2/h4-5,16H,1-2,6-11H2,3H3/t13-,14+/m0/s1. The molecule has 0 aromatic carbocycles. The van der Waals surface area contributed by atoms with Gasteiger partial charge in [-0.3, -0.25) is 4.79 Å². The lowest BCUT2D eigenvalue weighted by Gasteiger charge is -2.39. The van der Waals surface area contributed by atoms with Gasteiger partial charge in [-0.05, 0) is 39.0 Å². The molecule has 0 aliphatic heterocycles. The Kier molecular flexibility index (Phi) is 4.52. The normalized spacial score (nSPS) is 32.1. The van der Waals surface area contributed by atoms with Crippen LogP contribution in [0.4, 0.5) is 0 Å². The molecule has 0 heterocycles. The van der Waals surface area contributed by atoms with Crippen LogP contribution in [0.25, 0.3) is 0 Å².